The van der Waals surface area contributed by atoms with Crippen molar-refractivity contribution in [2.24, 2.45) is 0 Å². The van der Waals surface area contributed by atoms with Crippen LogP contribution in [0.1, 0.15) is 19.8 Å². The zero-order valence-corrected chi connectivity index (χ0v) is 9.58. The lowest BCUT2D eigenvalue weighted by molar-refractivity contribution is 0.625. The summed E-state index contributed by atoms with van der Waals surface area (Å²) in [6.07, 6.45) is 1.89. The topological polar surface area (TPSA) is 89.6 Å². The van der Waals surface area contributed by atoms with Gasteiger partial charge in [0.2, 0.25) is 5.95 Å². The van der Waals surface area contributed by atoms with Crippen molar-refractivity contribution in [2.75, 3.05) is 5.73 Å². The van der Waals surface area contributed by atoms with E-state index in [4.69, 9.17) is 17.3 Å². The second-order valence-electron chi connectivity index (χ2n) is 3.51. The van der Waals surface area contributed by atoms with Crippen LogP contribution in [0.3, 0.4) is 0 Å². The van der Waals surface area contributed by atoms with Gasteiger partial charge in [-0.15, -0.1) is 0 Å². The van der Waals surface area contributed by atoms with Crippen LogP contribution in [0.5, 0.6) is 0 Å². The number of rotatable bonds is 3. The molecular weight excluding hydrogens is 230 g/mol. The smallest absolute Gasteiger partial charge is 0.327 e. The van der Waals surface area contributed by atoms with Crippen LogP contribution in [-0.2, 0) is 6.54 Å². The second kappa shape index (κ2) is 4.13. The molecule has 0 bridgehead atoms. The lowest BCUT2D eigenvalue weighted by atomic mass is 10.3. The minimum atomic E-state index is -0.231. The number of imidazole rings is 1. The first-order valence-corrected chi connectivity index (χ1v) is 5.42. The molecule has 6 nitrogen and oxygen atoms in total. The quantitative estimate of drug-likeness (QED) is 0.789. The SMILES string of the molecule is CCCCn1c(=O)[nH]c2c(Cl)nc(N)nc21. The minimum Gasteiger partial charge on any atom is -0.368 e. The Morgan fingerprint density at radius 3 is 2.94 bits per heavy atom. The van der Waals surface area contributed by atoms with Gasteiger partial charge >= 0.3 is 5.69 Å². The monoisotopic (exact) mass is 241 g/mol. The molecule has 2 aromatic heterocycles. The number of nitrogens with zero attached hydrogens (tertiary/aromatic N) is 3. The molecule has 2 heterocycles. The molecule has 2 rings (SSSR count). The summed E-state index contributed by atoms with van der Waals surface area (Å²) in [5.74, 6) is 0.0711. The van der Waals surface area contributed by atoms with E-state index in [-0.39, 0.29) is 16.8 Å². The summed E-state index contributed by atoms with van der Waals surface area (Å²) in [5, 5.41) is 0.176. The molecule has 2 aromatic rings. The summed E-state index contributed by atoms with van der Waals surface area (Å²) in [6.45, 7) is 2.65. The van der Waals surface area contributed by atoms with Gasteiger partial charge in [-0.25, -0.2) is 4.79 Å². The number of hydrogen-bond acceptors (Lipinski definition) is 4. The summed E-state index contributed by atoms with van der Waals surface area (Å²) < 4.78 is 1.53. The van der Waals surface area contributed by atoms with Crippen molar-refractivity contribution in [3.63, 3.8) is 0 Å². The Hall–Kier alpha value is -1.56. The van der Waals surface area contributed by atoms with Gasteiger partial charge in [0.05, 0.1) is 0 Å². The molecule has 0 spiro atoms. The molecular formula is C9H12ClN5O. The zero-order valence-electron chi connectivity index (χ0n) is 8.83. The number of nitrogens with one attached hydrogen (secondary N) is 1. The van der Waals surface area contributed by atoms with E-state index >= 15 is 0 Å². The summed E-state index contributed by atoms with van der Waals surface area (Å²) in [4.78, 5) is 22.1. The maximum atomic E-state index is 11.6. The number of hydrogen-bond donors (Lipinski definition) is 2. The number of unbranched alkanes of at least 4 members (excludes halogenated alkanes) is 1. The normalized spacial score (nSPS) is 11.1. The Kier molecular flexibility index (Phi) is 2.82. The highest BCUT2D eigenvalue weighted by molar-refractivity contribution is 6.33. The second-order valence-corrected chi connectivity index (χ2v) is 3.86. The van der Waals surface area contributed by atoms with E-state index in [1.165, 1.54) is 4.57 Å². The first-order chi connectivity index (χ1) is 7.63. The highest BCUT2D eigenvalue weighted by Gasteiger charge is 2.12. The van der Waals surface area contributed by atoms with Gasteiger partial charge in [-0.2, -0.15) is 9.97 Å². The highest BCUT2D eigenvalue weighted by Crippen LogP contribution is 2.17. The lowest BCUT2D eigenvalue weighted by Crippen LogP contribution is -2.17. The fourth-order valence-electron chi connectivity index (χ4n) is 1.54. The van der Waals surface area contributed by atoms with Gasteiger partial charge in [-0.1, -0.05) is 24.9 Å². The Bertz CT molecular complexity index is 573. The number of aryl methyl sites for hydroxylation is 1. The Morgan fingerprint density at radius 1 is 1.50 bits per heavy atom. The van der Waals surface area contributed by atoms with Gasteiger partial charge in [0, 0.05) is 6.54 Å². The molecule has 0 aliphatic rings. The molecule has 0 saturated carbocycles. The molecule has 0 aliphatic heterocycles. The maximum absolute atomic E-state index is 11.6. The Morgan fingerprint density at radius 2 is 2.25 bits per heavy atom. The van der Waals surface area contributed by atoms with Gasteiger partial charge in [0.15, 0.2) is 10.8 Å². The van der Waals surface area contributed by atoms with Crippen molar-refractivity contribution in [2.45, 2.75) is 26.3 Å². The number of aromatic nitrogens is 4. The predicted molar refractivity (Wildman–Crippen MR) is 62.5 cm³/mol. The minimum absolute atomic E-state index is 0.0711. The summed E-state index contributed by atoms with van der Waals surface area (Å²) >= 11 is 5.87. The standard InChI is InChI=1S/C9H12ClN5O/c1-2-3-4-15-7-5(12-9(15)16)6(10)13-8(11)14-7/h2-4H2,1H3,(H,12,16)(H2,11,13,14). The van der Waals surface area contributed by atoms with Crippen LogP contribution in [0.15, 0.2) is 4.79 Å². The van der Waals surface area contributed by atoms with Gasteiger partial charge < -0.3 is 10.7 Å². The number of nitrogen functional groups attached to an aromatic ring is 1. The van der Waals surface area contributed by atoms with Gasteiger partial charge in [-0.05, 0) is 6.42 Å². The lowest BCUT2D eigenvalue weighted by Gasteiger charge is -2.01. The van der Waals surface area contributed by atoms with Crippen LogP contribution in [0.2, 0.25) is 5.15 Å². The van der Waals surface area contributed by atoms with Crippen molar-refractivity contribution in [1.82, 2.24) is 19.5 Å². The summed E-state index contributed by atoms with van der Waals surface area (Å²) in [7, 11) is 0. The highest BCUT2D eigenvalue weighted by atomic mass is 35.5. The first-order valence-electron chi connectivity index (χ1n) is 5.05. The fourth-order valence-corrected chi connectivity index (χ4v) is 1.75. The van der Waals surface area contributed by atoms with Crippen LogP contribution >= 0.6 is 11.6 Å². The number of fused-ring (bicyclic) bond motifs is 1. The van der Waals surface area contributed by atoms with E-state index in [1.54, 1.807) is 0 Å². The van der Waals surface area contributed by atoms with Gasteiger partial charge in [0.1, 0.15) is 5.52 Å². The van der Waals surface area contributed by atoms with Gasteiger partial charge in [0.25, 0.3) is 0 Å². The number of nitrogens with two attached hydrogens (primary N) is 1. The first kappa shape index (κ1) is 10.9. The molecule has 0 fully saturated rings. The third-order valence-electron chi connectivity index (χ3n) is 2.33. The third kappa shape index (κ3) is 1.76. The molecule has 16 heavy (non-hydrogen) atoms. The molecule has 86 valence electrons. The van der Waals surface area contributed by atoms with Crippen molar-refractivity contribution in [3.05, 3.63) is 15.6 Å². The molecule has 0 atom stereocenters. The number of anilines is 1. The van der Waals surface area contributed by atoms with E-state index in [0.29, 0.717) is 17.7 Å². The van der Waals surface area contributed by atoms with Crippen molar-refractivity contribution in [3.8, 4) is 0 Å². The third-order valence-corrected chi connectivity index (χ3v) is 2.60. The van der Waals surface area contributed by atoms with E-state index < -0.39 is 0 Å². The summed E-state index contributed by atoms with van der Waals surface area (Å²) in [5.41, 5.74) is 6.17. The number of aromatic amines is 1. The average Bonchev–Trinajstić information content (AvgIpc) is 2.53. The molecule has 7 heteroatoms. The van der Waals surface area contributed by atoms with Crippen LogP contribution in [0.25, 0.3) is 11.2 Å². The fraction of sp³-hybridized carbons (Fsp3) is 0.444. The van der Waals surface area contributed by atoms with Crippen molar-refractivity contribution >= 4 is 28.7 Å². The van der Waals surface area contributed by atoms with E-state index in [1.807, 2.05) is 0 Å². The van der Waals surface area contributed by atoms with Crippen LogP contribution in [-0.4, -0.2) is 19.5 Å². The summed E-state index contributed by atoms with van der Waals surface area (Å²) in [6, 6.07) is 0. The zero-order chi connectivity index (χ0) is 11.7. The molecule has 0 amide bonds. The predicted octanol–water partition coefficient (Wildman–Crippen LogP) is 1.16. The molecule has 3 N–H and O–H groups in total. The van der Waals surface area contributed by atoms with Crippen molar-refractivity contribution in [1.29, 1.82) is 0 Å². The van der Waals surface area contributed by atoms with E-state index in [9.17, 15) is 4.79 Å². The van der Waals surface area contributed by atoms with Crippen LogP contribution in [0.4, 0.5) is 5.95 Å². The molecule has 0 aliphatic carbocycles. The molecule has 0 aromatic carbocycles. The average molecular weight is 242 g/mol. The number of halogens is 1. The van der Waals surface area contributed by atoms with Crippen LogP contribution in [0, 0.1) is 0 Å². The number of H-pyrrole nitrogens is 1. The Balaban J connectivity index is 2.64. The molecule has 0 saturated heterocycles. The Labute approximate surface area is 96.5 Å². The van der Waals surface area contributed by atoms with Gasteiger partial charge in [-0.3, -0.25) is 4.57 Å². The van der Waals surface area contributed by atoms with Crippen LogP contribution < -0.4 is 11.4 Å². The maximum Gasteiger partial charge on any atom is 0.327 e. The van der Waals surface area contributed by atoms with E-state index in [2.05, 4.69) is 21.9 Å². The van der Waals surface area contributed by atoms with E-state index in [0.717, 1.165) is 12.8 Å². The largest absolute Gasteiger partial charge is 0.368 e. The molecule has 0 radical (unpaired) electrons. The molecule has 0 unspecified atom stereocenters. The van der Waals surface area contributed by atoms with Crippen molar-refractivity contribution < 1.29 is 0 Å².